The molecule has 2 N–H and O–H groups in total. The third-order valence-electron chi connectivity index (χ3n) is 5.62. The van der Waals surface area contributed by atoms with Gasteiger partial charge in [-0.3, -0.25) is 9.89 Å². The predicted octanol–water partition coefficient (Wildman–Crippen LogP) is 3.91. The molecule has 1 fully saturated rings. The van der Waals surface area contributed by atoms with Gasteiger partial charge in [0.25, 0.3) is 0 Å². The van der Waals surface area contributed by atoms with E-state index in [1.165, 1.54) is 28.9 Å². The number of amides is 1. The molecule has 2 heterocycles. The first kappa shape index (κ1) is 21.3. The van der Waals surface area contributed by atoms with Crippen molar-refractivity contribution < 1.29 is 13.2 Å². The fraction of sp³-hybridized carbons (Fsp3) is 0.304. The number of aryl methyl sites for hydroxylation is 1. The Morgan fingerprint density at radius 1 is 1.10 bits per heavy atom. The molecule has 0 saturated carbocycles. The maximum atomic E-state index is 13.0. The topological polar surface area (TPSA) is 95.2 Å². The molecule has 0 radical (unpaired) electrons. The number of carbonyl (C=O) groups is 1. The van der Waals surface area contributed by atoms with Gasteiger partial charge >= 0.3 is 0 Å². The van der Waals surface area contributed by atoms with E-state index in [4.69, 9.17) is 0 Å². The van der Waals surface area contributed by atoms with Gasteiger partial charge in [-0.2, -0.15) is 9.40 Å². The van der Waals surface area contributed by atoms with E-state index >= 15 is 0 Å². The van der Waals surface area contributed by atoms with Crippen LogP contribution in [0.4, 0.5) is 5.69 Å². The molecule has 0 atom stereocenters. The highest BCUT2D eigenvalue weighted by molar-refractivity contribution is 7.89. The van der Waals surface area contributed by atoms with Crippen molar-refractivity contribution in [2.45, 2.75) is 37.5 Å². The summed E-state index contributed by atoms with van der Waals surface area (Å²) in [6, 6.07) is 16.6. The highest BCUT2D eigenvalue weighted by Crippen LogP contribution is 2.32. The predicted molar refractivity (Wildman–Crippen MR) is 120 cm³/mol. The van der Waals surface area contributed by atoms with Crippen LogP contribution in [0, 0.1) is 6.92 Å². The fourth-order valence-corrected chi connectivity index (χ4v) is 5.44. The van der Waals surface area contributed by atoms with Gasteiger partial charge in [0.05, 0.1) is 10.6 Å². The molecule has 4 rings (SSSR count). The van der Waals surface area contributed by atoms with Gasteiger partial charge in [-0.1, -0.05) is 23.8 Å². The van der Waals surface area contributed by atoms with Gasteiger partial charge in [0, 0.05) is 42.9 Å². The average Bonchev–Trinajstić information content (AvgIpc) is 3.24. The minimum atomic E-state index is -3.56. The minimum Gasteiger partial charge on any atom is -0.326 e. The SMILES string of the molecule is CC(=O)Nc1ccc(S(=O)(=O)N2CCC(c3cc(-c4cccc(C)c4)n[nH]3)CC2)cc1. The molecule has 0 unspecified atom stereocenters. The second kappa shape index (κ2) is 8.64. The van der Waals surface area contributed by atoms with Crippen LogP contribution in [0.3, 0.4) is 0 Å². The summed E-state index contributed by atoms with van der Waals surface area (Å²) in [7, 11) is -3.56. The van der Waals surface area contributed by atoms with Gasteiger partial charge in [0.15, 0.2) is 0 Å². The highest BCUT2D eigenvalue weighted by atomic mass is 32.2. The number of nitrogens with zero attached hydrogens (tertiary/aromatic N) is 2. The third-order valence-corrected chi connectivity index (χ3v) is 7.53. The van der Waals surface area contributed by atoms with E-state index in [1.54, 1.807) is 12.1 Å². The quantitative estimate of drug-likeness (QED) is 0.631. The molecule has 162 valence electrons. The number of rotatable bonds is 5. The monoisotopic (exact) mass is 438 g/mol. The standard InChI is InChI=1S/C23H26N4O3S/c1-16-4-3-5-19(14-16)23-15-22(25-26-23)18-10-12-27(13-11-18)31(29,30)21-8-6-20(7-9-21)24-17(2)28/h3-9,14-15,18H,10-13H2,1-2H3,(H,24,28)(H,25,26). The minimum absolute atomic E-state index is 0.193. The van der Waals surface area contributed by atoms with Crippen molar-refractivity contribution >= 4 is 21.6 Å². The summed E-state index contributed by atoms with van der Waals surface area (Å²) in [5, 5.41) is 10.3. The Morgan fingerprint density at radius 2 is 1.81 bits per heavy atom. The summed E-state index contributed by atoms with van der Waals surface area (Å²) in [6.45, 7) is 4.39. The number of aromatic nitrogens is 2. The van der Waals surface area contributed by atoms with Gasteiger partial charge in [0.2, 0.25) is 15.9 Å². The number of hydrogen-bond acceptors (Lipinski definition) is 4. The average molecular weight is 439 g/mol. The van der Waals surface area contributed by atoms with E-state index in [1.807, 2.05) is 12.1 Å². The Labute approximate surface area is 182 Å². The summed E-state index contributed by atoms with van der Waals surface area (Å²) in [5.74, 6) is 0.0571. The molecule has 3 aromatic rings. The van der Waals surface area contributed by atoms with Crippen molar-refractivity contribution in [2.75, 3.05) is 18.4 Å². The van der Waals surface area contributed by atoms with Gasteiger partial charge in [-0.05, 0) is 56.2 Å². The van der Waals surface area contributed by atoms with Crippen LogP contribution < -0.4 is 5.32 Å². The van der Waals surface area contributed by atoms with E-state index in [2.05, 4.69) is 40.6 Å². The maximum Gasteiger partial charge on any atom is 0.243 e. The molecular formula is C23H26N4O3S. The van der Waals surface area contributed by atoms with Crippen LogP contribution in [-0.2, 0) is 14.8 Å². The summed E-state index contributed by atoms with van der Waals surface area (Å²) >= 11 is 0. The lowest BCUT2D eigenvalue weighted by molar-refractivity contribution is -0.114. The Hall–Kier alpha value is -2.97. The lowest BCUT2D eigenvalue weighted by Crippen LogP contribution is -2.37. The molecule has 1 amide bonds. The van der Waals surface area contributed by atoms with Crippen LogP contribution in [0.5, 0.6) is 0 Å². The van der Waals surface area contributed by atoms with E-state index < -0.39 is 10.0 Å². The number of piperidine rings is 1. The first-order valence-electron chi connectivity index (χ1n) is 10.3. The second-order valence-corrected chi connectivity index (χ2v) is 9.90. The number of H-pyrrole nitrogens is 1. The van der Waals surface area contributed by atoms with E-state index in [0.29, 0.717) is 18.8 Å². The number of anilines is 1. The van der Waals surface area contributed by atoms with Crippen molar-refractivity contribution in [1.82, 2.24) is 14.5 Å². The first-order chi connectivity index (χ1) is 14.8. The molecule has 31 heavy (non-hydrogen) atoms. The van der Waals surface area contributed by atoms with E-state index in [-0.39, 0.29) is 16.7 Å². The Balaban J connectivity index is 1.42. The smallest absolute Gasteiger partial charge is 0.243 e. The largest absolute Gasteiger partial charge is 0.326 e. The summed E-state index contributed by atoms with van der Waals surface area (Å²) in [4.78, 5) is 11.4. The molecule has 1 aliphatic heterocycles. The van der Waals surface area contributed by atoms with Crippen LogP contribution in [0.2, 0.25) is 0 Å². The Bertz CT molecular complexity index is 1180. The van der Waals surface area contributed by atoms with Crippen LogP contribution in [0.1, 0.15) is 36.9 Å². The van der Waals surface area contributed by atoms with Crippen molar-refractivity contribution in [2.24, 2.45) is 0 Å². The zero-order chi connectivity index (χ0) is 22.0. The van der Waals surface area contributed by atoms with Crippen molar-refractivity contribution in [3.63, 3.8) is 0 Å². The van der Waals surface area contributed by atoms with Crippen LogP contribution in [0.25, 0.3) is 11.3 Å². The molecule has 1 aliphatic rings. The molecule has 0 aliphatic carbocycles. The molecule has 0 spiro atoms. The van der Waals surface area contributed by atoms with Gasteiger partial charge in [-0.25, -0.2) is 8.42 Å². The lowest BCUT2D eigenvalue weighted by atomic mass is 9.94. The van der Waals surface area contributed by atoms with Crippen LogP contribution >= 0.6 is 0 Å². The van der Waals surface area contributed by atoms with Crippen molar-refractivity contribution in [3.8, 4) is 11.3 Å². The molecule has 7 nitrogen and oxygen atoms in total. The van der Waals surface area contributed by atoms with Gasteiger partial charge < -0.3 is 5.32 Å². The first-order valence-corrected chi connectivity index (χ1v) is 11.8. The Morgan fingerprint density at radius 3 is 2.45 bits per heavy atom. The van der Waals surface area contributed by atoms with Gasteiger partial charge in [-0.15, -0.1) is 0 Å². The number of aromatic amines is 1. The normalized spacial score (nSPS) is 15.7. The highest BCUT2D eigenvalue weighted by Gasteiger charge is 2.30. The van der Waals surface area contributed by atoms with Crippen molar-refractivity contribution in [1.29, 1.82) is 0 Å². The second-order valence-electron chi connectivity index (χ2n) is 7.96. The summed E-state index contributed by atoms with van der Waals surface area (Å²) in [5.41, 5.74) is 4.80. The zero-order valence-corrected chi connectivity index (χ0v) is 18.4. The molecule has 1 aromatic heterocycles. The molecule has 0 bridgehead atoms. The number of nitrogens with one attached hydrogen (secondary N) is 2. The number of sulfonamides is 1. The zero-order valence-electron chi connectivity index (χ0n) is 17.6. The number of carbonyl (C=O) groups excluding carboxylic acids is 1. The molecular weight excluding hydrogens is 412 g/mol. The van der Waals surface area contributed by atoms with Crippen LogP contribution in [-0.4, -0.2) is 41.9 Å². The molecule has 1 saturated heterocycles. The molecule has 8 heteroatoms. The lowest BCUT2D eigenvalue weighted by Gasteiger charge is -2.30. The van der Waals surface area contributed by atoms with Crippen LogP contribution in [0.15, 0.2) is 59.5 Å². The van der Waals surface area contributed by atoms with Gasteiger partial charge in [0.1, 0.15) is 0 Å². The van der Waals surface area contributed by atoms with Crippen molar-refractivity contribution in [3.05, 3.63) is 65.9 Å². The van der Waals surface area contributed by atoms with E-state index in [9.17, 15) is 13.2 Å². The fourth-order valence-electron chi connectivity index (χ4n) is 3.97. The summed E-state index contributed by atoms with van der Waals surface area (Å²) in [6.07, 6.45) is 1.47. The number of hydrogen-bond donors (Lipinski definition) is 2. The maximum absolute atomic E-state index is 13.0. The van der Waals surface area contributed by atoms with E-state index in [0.717, 1.165) is 29.8 Å². The number of benzene rings is 2. The summed E-state index contributed by atoms with van der Waals surface area (Å²) < 4.78 is 27.5. The Kier molecular flexibility index (Phi) is 5.93. The molecule has 2 aromatic carbocycles. The third kappa shape index (κ3) is 4.70.